The van der Waals surface area contributed by atoms with Crippen LogP contribution in [0.5, 0.6) is 0 Å². The fourth-order valence-electron chi connectivity index (χ4n) is 3.55. The monoisotopic (exact) mass is 405 g/mol. The summed E-state index contributed by atoms with van der Waals surface area (Å²) in [5.41, 5.74) is 0.402. The van der Waals surface area contributed by atoms with Crippen molar-refractivity contribution in [2.24, 2.45) is 0 Å². The Balaban J connectivity index is 1.52. The van der Waals surface area contributed by atoms with Crippen molar-refractivity contribution in [2.75, 3.05) is 11.9 Å². The average molecular weight is 405 g/mol. The summed E-state index contributed by atoms with van der Waals surface area (Å²) < 4.78 is 5.17. The summed E-state index contributed by atoms with van der Waals surface area (Å²) in [6, 6.07) is 14.5. The van der Waals surface area contributed by atoms with Crippen LogP contribution in [0.3, 0.4) is 0 Å². The Hall–Kier alpha value is -3.94. The highest BCUT2D eigenvalue weighted by molar-refractivity contribution is 6.10. The zero-order chi connectivity index (χ0) is 21.5. The van der Waals surface area contributed by atoms with E-state index in [0.717, 1.165) is 15.8 Å². The maximum atomic E-state index is 12.9. The molecule has 1 aromatic heterocycles. The van der Waals surface area contributed by atoms with Gasteiger partial charge in [-0.25, -0.2) is 9.59 Å². The van der Waals surface area contributed by atoms with Gasteiger partial charge in [-0.15, -0.1) is 0 Å². The highest BCUT2D eigenvalue weighted by Crippen LogP contribution is 2.28. The number of rotatable bonds is 4. The van der Waals surface area contributed by atoms with Gasteiger partial charge in [0.2, 0.25) is 5.91 Å². The lowest BCUT2D eigenvalue weighted by molar-refractivity contribution is -0.133. The molecule has 2 aromatic carbocycles. The van der Waals surface area contributed by atoms with Crippen LogP contribution in [-0.2, 0) is 15.1 Å². The molecule has 4 amide bonds. The van der Waals surface area contributed by atoms with E-state index in [-0.39, 0.29) is 0 Å². The molecule has 0 aliphatic carbocycles. The van der Waals surface area contributed by atoms with Gasteiger partial charge in [-0.1, -0.05) is 30.3 Å². The van der Waals surface area contributed by atoms with E-state index < -0.39 is 35.6 Å². The molecule has 4 rings (SSSR count). The molecule has 3 aromatic rings. The van der Waals surface area contributed by atoms with E-state index in [2.05, 4.69) is 10.6 Å². The van der Waals surface area contributed by atoms with Crippen molar-refractivity contribution >= 4 is 34.5 Å². The van der Waals surface area contributed by atoms with E-state index in [9.17, 15) is 19.2 Å². The zero-order valence-electron chi connectivity index (χ0n) is 16.4. The number of hydrogen-bond acceptors (Lipinski definition) is 5. The van der Waals surface area contributed by atoms with Crippen molar-refractivity contribution in [1.29, 1.82) is 0 Å². The average Bonchev–Trinajstić information content (AvgIpc) is 2.92. The minimum Gasteiger partial charge on any atom is -0.423 e. The molecule has 0 spiro atoms. The first kappa shape index (κ1) is 19.4. The van der Waals surface area contributed by atoms with E-state index >= 15 is 0 Å². The van der Waals surface area contributed by atoms with Crippen LogP contribution in [-0.4, -0.2) is 29.3 Å². The van der Waals surface area contributed by atoms with Gasteiger partial charge >= 0.3 is 11.7 Å². The molecule has 0 unspecified atom stereocenters. The molecule has 2 heterocycles. The molecule has 1 atom stereocenters. The van der Waals surface area contributed by atoms with Crippen LogP contribution in [0.15, 0.2) is 63.8 Å². The maximum Gasteiger partial charge on any atom is 0.336 e. The summed E-state index contributed by atoms with van der Waals surface area (Å²) in [5.74, 6) is -1.06. The smallest absolute Gasteiger partial charge is 0.336 e. The molecule has 1 fully saturated rings. The van der Waals surface area contributed by atoms with Crippen molar-refractivity contribution in [3.63, 3.8) is 0 Å². The van der Waals surface area contributed by atoms with Gasteiger partial charge in [0.1, 0.15) is 17.7 Å². The predicted octanol–water partition coefficient (Wildman–Crippen LogP) is 2.51. The van der Waals surface area contributed by atoms with Crippen molar-refractivity contribution < 1.29 is 18.8 Å². The number of urea groups is 1. The first-order valence-corrected chi connectivity index (χ1v) is 9.32. The zero-order valence-corrected chi connectivity index (χ0v) is 16.4. The molecule has 8 nitrogen and oxygen atoms in total. The van der Waals surface area contributed by atoms with Gasteiger partial charge in [0.05, 0.1) is 0 Å². The number of hydrogen-bond donors (Lipinski definition) is 2. The van der Waals surface area contributed by atoms with Crippen LogP contribution >= 0.6 is 0 Å². The Morgan fingerprint density at radius 2 is 1.83 bits per heavy atom. The second kappa shape index (κ2) is 7.14. The standard InChI is InChI=1S/C22H19N3O5/c1-13-10-19(27)30-17-11-15(8-9-16(13)17)23-18(26)12-25-20(28)22(2,24-21(25)29)14-6-4-3-5-7-14/h3-11H,12H2,1-2H3,(H,23,26)(H,24,29)/t22-/m1/s1. The second-order valence-electron chi connectivity index (χ2n) is 7.32. The molecular weight excluding hydrogens is 386 g/mol. The van der Waals surface area contributed by atoms with Crippen LogP contribution in [0, 0.1) is 6.92 Å². The molecule has 152 valence electrons. The Bertz CT molecular complexity index is 1230. The van der Waals surface area contributed by atoms with Gasteiger partial charge in [-0.2, -0.15) is 0 Å². The number of benzene rings is 2. The number of anilines is 1. The number of carbonyl (C=O) groups excluding carboxylic acids is 3. The Morgan fingerprint density at radius 1 is 1.10 bits per heavy atom. The lowest BCUT2D eigenvalue weighted by atomic mass is 9.92. The number of imide groups is 1. The van der Waals surface area contributed by atoms with Crippen molar-refractivity contribution in [1.82, 2.24) is 10.2 Å². The SMILES string of the molecule is Cc1cc(=O)oc2cc(NC(=O)CN3C(=O)N[C@](C)(c4ccccc4)C3=O)ccc12. The quantitative estimate of drug-likeness (QED) is 0.512. The summed E-state index contributed by atoms with van der Waals surface area (Å²) in [6.07, 6.45) is 0. The van der Waals surface area contributed by atoms with Gasteiger partial charge in [-0.05, 0) is 37.1 Å². The number of amides is 4. The molecule has 0 radical (unpaired) electrons. The molecule has 1 aliphatic heterocycles. The van der Waals surface area contributed by atoms with E-state index in [1.165, 1.54) is 12.1 Å². The summed E-state index contributed by atoms with van der Waals surface area (Å²) in [6.45, 7) is 2.95. The highest BCUT2D eigenvalue weighted by Gasteiger charge is 2.49. The number of aryl methyl sites for hydroxylation is 1. The second-order valence-corrected chi connectivity index (χ2v) is 7.32. The molecule has 2 N–H and O–H groups in total. The molecule has 30 heavy (non-hydrogen) atoms. The van der Waals surface area contributed by atoms with Crippen LogP contribution in [0.2, 0.25) is 0 Å². The number of fused-ring (bicyclic) bond motifs is 1. The predicted molar refractivity (Wildman–Crippen MR) is 110 cm³/mol. The van der Waals surface area contributed by atoms with E-state index in [4.69, 9.17) is 4.42 Å². The lowest BCUT2D eigenvalue weighted by Gasteiger charge is -2.22. The van der Waals surface area contributed by atoms with Crippen LogP contribution in [0.4, 0.5) is 10.5 Å². The Kier molecular flexibility index (Phi) is 4.62. The number of nitrogens with zero attached hydrogens (tertiary/aromatic N) is 1. The summed E-state index contributed by atoms with van der Waals surface area (Å²) in [7, 11) is 0. The van der Waals surface area contributed by atoms with Gasteiger partial charge in [-0.3, -0.25) is 14.5 Å². The van der Waals surface area contributed by atoms with E-state index in [0.29, 0.717) is 16.8 Å². The summed E-state index contributed by atoms with van der Waals surface area (Å²) in [4.78, 5) is 50.2. The molecule has 1 aliphatic rings. The van der Waals surface area contributed by atoms with Crippen LogP contribution in [0.1, 0.15) is 18.1 Å². The minimum absolute atomic E-state index is 0.337. The van der Waals surface area contributed by atoms with Crippen LogP contribution < -0.4 is 16.3 Å². The first-order chi connectivity index (χ1) is 14.3. The van der Waals surface area contributed by atoms with Gasteiger partial charge in [0.25, 0.3) is 5.91 Å². The van der Waals surface area contributed by atoms with E-state index in [1.807, 2.05) is 6.07 Å². The highest BCUT2D eigenvalue weighted by atomic mass is 16.4. The van der Waals surface area contributed by atoms with E-state index in [1.54, 1.807) is 50.2 Å². The molecule has 1 saturated heterocycles. The normalized spacial score (nSPS) is 18.5. The topological polar surface area (TPSA) is 109 Å². The van der Waals surface area contributed by atoms with Crippen LogP contribution in [0.25, 0.3) is 11.0 Å². The van der Waals surface area contributed by atoms with Gasteiger partial charge < -0.3 is 15.1 Å². The third kappa shape index (κ3) is 3.32. The first-order valence-electron chi connectivity index (χ1n) is 9.32. The van der Waals surface area contributed by atoms with Gasteiger partial charge in [0.15, 0.2) is 0 Å². The number of nitrogens with one attached hydrogen (secondary N) is 2. The lowest BCUT2D eigenvalue weighted by Crippen LogP contribution is -2.42. The summed E-state index contributed by atoms with van der Waals surface area (Å²) >= 11 is 0. The number of carbonyl (C=O) groups is 3. The molecule has 0 saturated carbocycles. The van der Waals surface area contributed by atoms with Gasteiger partial charge in [0, 0.05) is 23.2 Å². The maximum absolute atomic E-state index is 12.9. The largest absolute Gasteiger partial charge is 0.423 e. The molecule has 8 heteroatoms. The summed E-state index contributed by atoms with van der Waals surface area (Å²) in [5, 5.41) is 6.04. The fourth-order valence-corrected chi connectivity index (χ4v) is 3.55. The minimum atomic E-state index is -1.23. The third-order valence-corrected chi connectivity index (χ3v) is 5.16. The van der Waals surface area contributed by atoms with Crippen molar-refractivity contribution in [3.05, 3.63) is 76.1 Å². The Labute approximate surface area is 171 Å². The molecule has 0 bridgehead atoms. The Morgan fingerprint density at radius 3 is 2.57 bits per heavy atom. The van der Waals surface area contributed by atoms with Crippen molar-refractivity contribution in [2.45, 2.75) is 19.4 Å². The fraction of sp³-hybridized carbons (Fsp3) is 0.182. The third-order valence-electron chi connectivity index (χ3n) is 5.16. The van der Waals surface area contributed by atoms with Crippen molar-refractivity contribution in [3.8, 4) is 0 Å². The molecular formula is C22H19N3O5.